The van der Waals surface area contributed by atoms with Crippen molar-refractivity contribution >= 4 is 5.91 Å². The number of hydrogen-bond donors (Lipinski definition) is 1. The average Bonchev–Trinajstić information content (AvgIpc) is 2.61. The van der Waals surface area contributed by atoms with Crippen LogP contribution in [-0.4, -0.2) is 34.6 Å². The summed E-state index contributed by atoms with van der Waals surface area (Å²) in [5.74, 6) is 1.18. The summed E-state index contributed by atoms with van der Waals surface area (Å²) in [5.41, 5.74) is -0.572. The van der Waals surface area contributed by atoms with Gasteiger partial charge in [0.05, 0.1) is 5.60 Å². The monoisotopic (exact) mass is 281 g/mol. The number of aliphatic hydroxyl groups is 1. The first-order valence-corrected chi connectivity index (χ1v) is 8.57. The van der Waals surface area contributed by atoms with Crippen LogP contribution < -0.4 is 0 Å². The van der Waals surface area contributed by atoms with Crippen molar-refractivity contribution in [1.29, 1.82) is 0 Å². The van der Waals surface area contributed by atoms with Gasteiger partial charge in [0.15, 0.2) is 0 Å². The third-order valence-corrected chi connectivity index (χ3v) is 5.14. The van der Waals surface area contributed by atoms with Gasteiger partial charge in [-0.3, -0.25) is 4.79 Å². The molecule has 1 unspecified atom stereocenters. The van der Waals surface area contributed by atoms with Gasteiger partial charge < -0.3 is 10.0 Å². The van der Waals surface area contributed by atoms with E-state index in [-0.39, 0.29) is 0 Å². The molecule has 1 atom stereocenters. The molecular formula is C17H31NO2. The molecule has 1 N–H and O–H groups in total. The van der Waals surface area contributed by atoms with Crippen LogP contribution in [0.1, 0.15) is 77.6 Å². The van der Waals surface area contributed by atoms with Crippen molar-refractivity contribution in [2.24, 2.45) is 5.92 Å². The highest BCUT2D eigenvalue weighted by Crippen LogP contribution is 2.28. The third-order valence-electron chi connectivity index (χ3n) is 5.14. The molecule has 0 spiro atoms. The molecule has 1 amide bonds. The van der Waals surface area contributed by atoms with Crippen LogP contribution in [0.2, 0.25) is 0 Å². The number of nitrogens with zero attached hydrogens (tertiary/aromatic N) is 1. The first-order valence-electron chi connectivity index (χ1n) is 8.57. The van der Waals surface area contributed by atoms with E-state index in [1.807, 2.05) is 11.8 Å². The van der Waals surface area contributed by atoms with Gasteiger partial charge in [0.2, 0.25) is 5.91 Å². The largest absolute Gasteiger partial charge is 0.390 e. The van der Waals surface area contributed by atoms with E-state index < -0.39 is 5.60 Å². The van der Waals surface area contributed by atoms with Gasteiger partial charge in [0.1, 0.15) is 0 Å². The predicted octanol–water partition coefficient (Wildman–Crippen LogP) is 3.50. The maximum absolute atomic E-state index is 12.2. The Morgan fingerprint density at radius 1 is 1.15 bits per heavy atom. The molecule has 2 rings (SSSR count). The van der Waals surface area contributed by atoms with E-state index in [9.17, 15) is 9.90 Å². The molecular weight excluding hydrogens is 250 g/mol. The van der Waals surface area contributed by atoms with Gasteiger partial charge in [0, 0.05) is 19.5 Å². The van der Waals surface area contributed by atoms with E-state index in [0.29, 0.717) is 12.3 Å². The van der Waals surface area contributed by atoms with Crippen molar-refractivity contribution in [3.63, 3.8) is 0 Å². The Morgan fingerprint density at radius 2 is 1.90 bits per heavy atom. The number of rotatable bonds is 4. The summed E-state index contributed by atoms with van der Waals surface area (Å²) in [7, 11) is 0. The quantitative estimate of drug-likeness (QED) is 0.856. The van der Waals surface area contributed by atoms with Gasteiger partial charge in [-0.2, -0.15) is 0 Å². The fourth-order valence-electron chi connectivity index (χ4n) is 3.69. The molecule has 0 bridgehead atoms. The molecule has 1 aliphatic carbocycles. The minimum absolute atomic E-state index is 0.304. The molecule has 1 aliphatic heterocycles. The molecule has 3 nitrogen and oxygen atoms in total. The lowest BCUT2D eigenvalue weighted by Crippen LogP contribution is -2.33. The second-order valence-electron chi connectivity index (χ2n) is 7.13. The van der Waals surface area contributed by atoms with Gasteiger partial charge in [-0.05, 0) is 44.9 Å². The summed E-state index contributed by atoms with van der Waals surface area (Å²) in [4.78, 5) is 14.2. The molecule has 2 aliphatic rings. The van der Waals surface area contributed by atoms with Gasteiger partial charge >= 0.3 is 0 Å². The fourth-order valence-corrected chi connectivity index (χ4v) is 3.69. The Morgan fingerprint density at radius 3 is 2.65 bits per heavy atom. The van der Waals surface area contributed by atoms with Gasteiger partial charge in [-0.15, -0.1) is 0 Å². The lowest BCUT2D eigenvalue weighted by Gasteiger charge is -2.24. The summed E-state index contributed by atoms with van der Waals surface area (Å²) in [6.45, 7) is 3.46. The minimum Gasteiger partial charge on any atom is -0.390 e. The van der Waals surface area contributed by atoms with E-state index in [4.69, 9.17) is 0 Å². The topological polar surface area (TPSA) is 40.5 Å². The molecule has 1 saturated heterocycles. The van der Waals surface area contributed by atoms with Crippen molar-refractivity contribution < 1.29 is 9.90 Å². The Balaban J connectivity index is 1.66. The summed E-state index contributed by atoms with van der Waals surface area (Å²) in [6, 6.07) is 0. The van der Waals surface area contributed by atoms with Crippen LogP contribution in [-0.2, 0) is 4.79 Å². The van der Waals surface area contributed by atoms with Crippen molar-refractivity contribution in [1.82, 2.24) is 4.90 Å². The van der Waals surface area contributed by atoms with Crippen LogP contribution >= 0.6 is 0 Å². The van der Waals surface area contributed by atoms with Crippen LogP contribution in [0.15, 0.2) is 0 Å². The molecule has 3 heteroatoms. The van der Waals surface area contributed by atoms with E-state index >= 15 is 0 Å². The number of likely N-dealkylation sites (tertiary alicyclic amines) is 1. The molecule has 1 heterocycles. The zero-order valence-electron chi connectivity index (χ0n) is 13.1. The van der Waals surface area contributed by atoms with E-state index in [1.54, 1.807) is 0 Å². The van der Waals surface area contributed by atoms with Crippen molar-refractivity contribution in [2.75, 3.05) is 13.1 Å². The van der Waals surface area contributed by atoms with Gasteiger partial charge in [-0.25, -0.2) is 0 Å². The normalized spacial score (nSPS) is 29.2. The lowest BCUT2D eigenvalue weighted by molar-refractivity contribution is -0.131. The first-order chi connectivity index (χ1) is 9.57. The van der Waals surface area contributed by atoms with Crippen LogP contribution in [0, 0.1) is 5.92 Å². The smallest absolute Gasteiger partial charge is 0.222 e. The highest BCUT2D eigenvalue weighted by molar-refractivity contribution is 5.76. The Kier molecular flexibility index (Phi) is 5.88. The lowest BCUT2D eigenvalue weighted by atomic mass is 9.86. The zero-order valence-corrected chi connectivity index (χ0v) is 13.1. The molecule has 116 valence electrons. The molecule has 0 aromatic carbocycles. The fraction of sp³-hybridized carbons (Fsp3) is 0.941. The van der Waals surface area contributed by atoms with Crippen LogP contribution in [0.5, 0.6) is 0 Å². The van der Waals surface area contributed by atoms with E-state index in [1.165, 1.54) is 38.5 Å². The first kappa shape index (κ1) is 15.8. The second kappa shape index (κ2) is 7.44. The summed E-state index contributed by atoms with van der Waals surface area (Å²) in [6.07, 6.45) is 12.4. The number of carbonyl (C=O) groups excluding carboxylic acids is 1. The predicted molar refractivity (Wildman–Crippen MR) is 81.5 cm³/mol. The average molecular weight is 281 g/mol. The zero-order chi connectivity index (χ0) is 14.4. The van der Waals surface area contributed by atoms with Crippen LogP contribution in [0.4, 0.5) is 0 Å². The maximum Gasteiger partial charge on any atom is 0.222 e. The molecule has 0 aromatic rings. The SMILES string of the molecule is CC1(O)CCCN(C(=O)CCCC2CCCCC2)CC1. The minimum atomic E-state index is -0.572. The number of carbonyl (C=O) groups is 1. The second-order valence-corrected chi connectivity index (χ2v) is 7.13. The van der Waals surface area contributed by atoms with Crippen molar-refractivity contribution in [3.05, 3.63) is 0 Å². The third kappa shape index (κ3) is 5.08. The van der Waals surface area contributed by atoms with Gasteiger partial charge in [0.25, 0.3) is 0 Å². The molecule has 20 heavy (non-hydrogen) atoms. The van der Waals surface area contributed by atoms with Crippen LogP contribution in [0.25, 0.3) is 0 Å². The highest BCUT2D eigenvalue weighted by atomic mass is 16.3. The molecule has 0 radical (unpaired) electrons. The standard InChI is InChI=1S/C17H31NO2/c1-17(20)11-6-13-18(14-12-17)16(19)10-5-9-15-7-3-2-4-8-15/h15,20H,2-14H2,1H3. The van der Waals surface area contributed by atoms with Crippen molar-refractivity contribution in [2.45, 2.75) is 83.2 Å². The summed E-state index contributed by atoms with van der Waals surface area (Å²) < 4.78 is 0. The van der Waals surface area contributed by atoms with Crippen LogP contribution in [0.3, 0.4) is 0 Å². The van der Waals surface area contributed by atoms with E-state index in [0.717, 1.165) is 44.7 Å². The maximum atomic E-state index is 12.2. The van der Waals surface area contributed by atoms with Crippen molar-refractivity contribution in [3.8, 4) is 0 Å². The number of hydrogen-bond acceptors (Lipinski definition) is 2. The Labute approximate surface area is 123 Å². The summed E-state index contributed by atoms with van der Waals surface area (Å²) >= 11 is 0. The molecule has 2 fully saturated rings. The molecule has 0 aromatic heterocycles. The Hall–Kier alpha value is -0.570. The summed E-state index contributed by atoms with van der Waals surface area (Å²) in [5, 5.41) is 10.1. The number of amides is 1. The Bertz CT molecular complexity index is 308. The van der Waals surface area contributed by atoms with Gasteiger partial charge in [-0.1, -0.05) is 32.1 Å². The highest BCUT2D eigenvalue weighted by Gasteiger charge is 2.26. The van der Waals surface area contributed by atoms with E-state index in [2.05, 4.69) is 0 Å². The molecule has 1 saturated carbocycles.